The summed E-state index contributed by atoms with van der Waals surface area (Å²) in [4.78, 5) is 68.6. The number of thiol groups is 1. The van der Waals surface area contributed by atoms with Gasteiger partial charge >= 0.3 is 5.97 Å². The Morgan fingerprint density at radius 1 is 0.927 bits per heavy atom. The lowest BCUT2D eigenvalue weighted by Gasteiger charge is -2.24. The van der Waals surface area contributed by atoms with Gasteiger partial charge in [0.05, 0.1) is 6.04 Å². The number of carboxylic acid groups (broad SMARTS) is 1. The molecular weight excluding hydrogens is 554 g/mol. The van der Waals surface area contributed by atoms with Crippen molar-refractivity contribution in [2.24, 2.45) is 27.9 Å². The number of carbonyl (C=O) groups excluding carboxylic acids is 4. The summed E-state index contributed by atoms with van der Waals surface area (Å²) in [6.45, 7) is 0.148. The molecule has 0 saturated heterocycles. The van der Waals surface area contributed by atoms with Crippen LogP contribution in [0.1, 0.15) is 31.2 Å². The molecule has 15 nitrogen and oxygen atoms in total. The number of fused-ring (bicyclic) bond motifs is 1. The van der Waals surface area contributed by atoms with Crippen LogP contribution in [-0.2, 0) is 30.4 Å². The van der Waals surface area contributed by atoms with Crippen molar-refractivity contribution in [1.29, 1.82) is 0 Å². The average molecular weight is 592 g/mol. The number of aliphatic imine (C=N–C) groups is 1. The van der Waals surface area contributed by atoms with E-state index in [1.165, 1.54) is 0 Å². The lowest BCUT2D eigenvalue weighted by Crippen LogP contribution is -2.57. The van der Waals surface area contributed by atoms with Crippen LogP contribution in [0.4, 0.5) is 0 Å². The highest BCUT2D eigenvalue weighted by Gasteiger charge is 2.30. The van der Waals surface area contributed by atoms with Crippen LogP contribution in [0.25, 0.3) is 10.9 Å². The molecule has 1 aromatic heterocycles. The van der Waals surface area contributed by atoms with E-state index in [0.29, 0.717) is 0 Å². The number of H-pyrrole nitrogens is 1. The van der Waals surface area contributed by atoms with Gasteiger partial charge in [-0.05, 0) is 37.3 Å². The predicted molar refractivity (Wildman–Crippen MR) is 156 cm³/mol. The summed E-state index contributed by atoms with van der Waals surface area (Å²) in [6, 6.07) is 2.71. The van der Waals surface area contributed by atoms with E-state index in [-0.39, 0.29) is 50.4 Å². The van der Waals surface area contributed by atoms with Gasteiger partial charge in [0.25, 0.3) is 0 Å². The van der Waals surface area contributed by atoms with Gasteiger partial charge in [-0.3, -0.25) is 24.2 Å². The zero-order valence-corrected chi connectivity index (χ0v) is 23.2. The van der Waals surface area contributed by atoms with Crippen LogP contribution in [0.5, 0.6) is 0 Å². The molecule has 0 aliphatic carbocycles. The van der Waals surface area contributed by atoms with E-state index < -0.39 is 53.8 Å². The highest BCUT2D eigenvalue weighted by molar-refractivity contribution is 7.80. The van der Waals surface area contributed by atoms with Gasteiger partial charge in [0.1, 0.15) is 18.1 Å². The fourth-order valence-electron chi connectivity index (χ4n) is 3.96. The Labute approximate surface area is 241 Å². The maximum Gasteiger partial charge on any atom is 0.326 e. The number of para-hydroxylation sites is 1. The number of nitrogens with one attached hydrogen (secondary N) is 4. The second-order valence-corrected chi connectivity index (χ2v) is 9.69. The molecule has 16 heteroatoms. The fourth-order valence-corrected chi connectivity index (χ4v) is 4.22. The van der Waals surface area contributed by atoms with Gasteiger partial charge in [0.15, 0.2) is 5.96 Å². The lowest BCUT2D eigenvalue weighted by molar-refractivity contribution is -0.142. The maximum atomic E-state index is 13.0. The Bertz CT molecular complexity index is 1260. The van der Waals surface area contributed by atoms with E-state index in [2.05, 4.69) is 38.6 Å². The highest BCUT2D eigenvalue weighted by atomic mass is 32.1. The molecule has 2 aromatic rings. The Hall–Kier alpha value is -4.31. The maximum absolute atomic E-state index is 13.0. The van der Waals surface area contributed by atoms with Gasteiger partial charge in [0.2, 0.25) is 23.6 Å². The van der Waals surface area contributed by atoms with Crippen molar-refractivity contribution in [2.45, 2.75) is 56.3 Å². The number of carbonyl (C=O) groups is 5. The van der Waals surface area contributed by atoms with E-state index in [0.717, 1.165) is 16.5 Å². The summed E-state index contributed by atoms with van der Waals surface area (Å²) < 4.78 is 0. The Morgan fingerprint density at radius 3 is 2.20 bits per heavy atom. The smallest absolute Gasteiger partial charge is 0.326 e. The normalized spacial score (nSPS) is 13.8. The topological polar surface area (TPSA) is 274 Å². The van der Waals surface area contributed by atoms with E-state index in [4.69, 9.17) is 22.9 Å². The molecule has 4 atom stereocenters. The summed E-state index contributed by atoms with van der Waals surface area (Å²) in [5, 5.41) is 17.7. The minimum Gasteiger partial charge on any atom is -0.480 e. The van der Waals surface area contributed by atoms with Crippen LogP contribution in [0.15, 0.2) is 35.5 Å². The number of amides is 4. The molecule has 0 radical (unpaired) electrons. The van der Waals surface area contributed by atoms with Crippen molar-refractivity contribution >= 4 is 59.1 Å². The van der Waals surface area contributed by atoms with E-state index in [1.807, 2.05) is 24.3 Å². The van der Waals surface area contributed by atoms with E-state index in [9.17, 15) is 29.1 Å². The molecule has 41 heavy (non-hydrogen) atoms. The van der Waals surface area contributed by atoms with Crippen LogP contribution in [0.3, 0.4) is 0 Å². The summed E-state index contributed by atoms with van der Waals surface area (Å²) in [6.07, 6.45) is 1.72. The van der Waals surface area contributed by atoms with E-state index in [1.54, 1.807) is 6.20 Å². The number of nitrogens with two attached hydrogens (primary N) is 4. The molecule has 0 spiro atoms. The largest absolute Gasteiger partial charge is 0.480 e. The summed E-state index contributed by atoms with van der Waals surface area (Å²) >= 11 is 4.14. The Morgan fingerprint density at radius 2 is 1.56 bits per heavy atom. The molecular formula is C25H37N9O6S. The van der Waals surface area contributed by atoms with Gasteiger partial charge in [-0.25, -0.2) is 4.79 Å². The zero-order chi connectivity index (χ0) is 30.5. The van der Waals surface area contributed by atoms with Crippen LogP contribution in [0, 0.1) is 0 Å². The Balaban J connectivity index is 2.04. The van der Waals surface area contributed by atoms with Gasteiger partial charge in [-0.15, -0.1) is 0 Å². The number of guanidine groups is 1. The molecule has 0 saturated carbocycles. The monoisotopic (exact) mass is 591 g/mol. The molecule has 4 amide bonds. The van der Waals surface area contributed by atoms with Crippen LogP contribution >= 0.6 is 12.6 Å². The van der Waals surface area contributed by atoms with Crippen LogP contribution < -0.4 is 38.9 Å². The Kier molecular flexibility index (Phi) is 12.9. The third kappa shape index (κ3) is 10.6. The fraction of sp³-hybridized carbons (Fsp3) is 0.440. The molecule has 1 aromatic carbocycles. The first-order chi connectivity index (χ1) is 19.4. The predicted octanol–water partition coefficient (Wildman–Crippen LogP) is -2.17. The first-order valence-electron chi connectivity index (χ1n) is 12.8. The van der Waals surface area contributed by atoms with Gasteiger partial charge in [-0.2, -0.15) is 12.6 Å². The summed E-state index contributed by atoms with van der Waals surface area (Å²) in [5.41, 5.74) is 23.5. The minimum atomic E-state index is -1.33. The highest BCUT2D eigenvalue weighted by Crippen LogP contribution is 2.18. The molecule has 1 heterocycles. The first kappa shape index (κ1) is 32.9. The quantitative estimate of drug-likeness (QED) is 0.0414. The molecule has 0 aliphatic heterocycles. The number of benzene rings is 1. The first-order valence-corrected chi connectivity index (χ1v) is 13.4. The lowest BCUT2D eigenvalue weighted by atomic mass is 10.0. The SMILES string of the molecule is NC(=O)CCC(NC(=O)C(CS)NC(=O)C(N)Cc1c[nH]c2ccccc12)C(=O)NC(CCCN=C(N)N)C(=O)O. The van der Waals surface area contributed by atoms with Gasteiger partial charge in [-0.1, -0.05) is 18.2 Å². The number of aromatic amines is 1. The number of primary amides is 1. The number of rotatable bonds is 17. The molecule has 13 N–H and O–H groups in total. The van der Waals surface area contributed by atoms with Crippen LogP contribution in [0.2, 0.25) is 0 Å². The molecule has 0 aliphatic rings. The average Bonchev–Trinajstić information content (AvgIpc) is 3.33. The number of hydrogen-bond acceptors (Lipinski definition) is 8. The van der Waals surface area contributed by atoms with Crippen molar-refractivity contribution in [1.82, 2.24) is 20.9 Å². The van der Waals surface area contributed by atoms with Crippen molar-refractivity contribution < 1.29 is 29.1 Å². The van der Waals surface area contributed by atoms with Gasteiger partial charge in [0, 0.05) is 35.8 Å². The molecule has 224 valence electrons. The number of carboxylic acids is 1. The summed E-state index contributed by atoms with van der Waals surface area (Å²) in [5.74, 6) is -4.58. The number of nitrogens with zero attached hydrogens (tertiary/aromatic N) is 1. The number of aromatic nitrogens is 1. The molecule has 4 unspecified atom stereocenters. The van der Waals surface area contributed by atoms with Crippen molar-refractivity contribution in [2.75, 3.05) is 12.3 Å². The third-order valence-corrected chi connectivity index (χ3v) is 6.50. The van der Waals surface area contributed by atoms with Crippen molar-refractivity contribution in [3.8, 4) is 0 Å². The minimum absolute atomic E-state index is 0.00200. The van der Waals surface area contributed by atoms with Gasteiger partial charge < -0.3 is 49.0 Å². The number of aliphatic carboxylic acids is 1. The molecule has 0 fully saturated rings. The zero-order valence-electron chi connectivity index (χ0n) is 22.3. The standard InChI is InChI=1S/C25H37N9O6S/c26-15(10-13-11-31-16-5-2-1-4-14(13)16)21(36)34-19(12-41)23(38)32-17(7-8-20(27)35)22(37)33-18(24(39)40)6-3-9-30-25(28)29/h1-2,4-5,11,15,17-19,31,41H,3,6-10,12,26H2,(H2,27,35)(H,32,38)(H,33,37)(H,34,36)(H,39,40)(H4,28,29,30). The van der Waals surface area contributed by atoms with Crippen molar-refractivity contribution in [3.05, 3.63) is 36.0 Å². The second-order valence-electron chi connectivity index (χ2n) is 9.33. The van der Waals surface area contributed by atoms with Crippen molar-refractivity contribution in [3.63, 3.8) is 0 Å². The molecule has 2 rings (SSSR count). The number of hydrogen-bond donors (Lipinski definition) is 10. The summed E-state index contributed by atoms with van der Waals surface area (Å²) in [7, 11) is 0. The third-order valence-electron chi connectivity index (χ3n) is 6.14. The second kappa shape index (κ2) is 16.1. The van der Waals surface area contributed by atoms with E-state index >= 15 is 0 Å². The van der Waals surface area contributed by atoms with Crippen LogP contribution in [-0.4, -0.2) is 82.1 Å². The molecule has 0 bridgehead atoms.